The Labute approximate surface area is 186 Å². The highest BCUT2D eigenvalue weighted by Gasteiger charge is 2.20. The third kappa shape index (κ3) is 5.46. The van der Waals surface area contributed by atoms with Gasteiger partial charge in [0.25, 0.3) is 11.8 Å². The fourth-order valence-electron chi connectivity index (χ4n) is 3.01. The number of nitrogens with one attached hydrogen (secondary N) is 2. The van der Waals surface area contributed by atoms with Crippen LogP contribution in [0.25, 0.3) is 0 Å². The summed E-state index contributed by atoms with van der Waals surface area (Å²) < 4.78 is 13.2. The predicted molar refractivity (Wildman–Crippen MR) is 123 cm³/mol. The zero-order chi connectivity index (χ0) is 23.3. The van der Waals surface area contributed by atoms with Gasteiger partial charge in [-0.3, -0.25) is 14.4 Å². The van der Waals surface area contributed by atoms with Gasteiger partial charge in [-0.2, -0.15) is 0 Å². The highest BCUT2D eigenvalue weighted by Crippen LogP contribution is 2.18. The van der Waals surface area contributed by atoms with Crippen molar-refractivity contribution in [3.05, 3.63) is 101 Å². The lowest BCUT2D eigenvalue weighted by Crippen LogP contribution is -2.42. The number of anilines is 1. The number of ketones is 1. The number of hydrogen-bond donors (Lipinski definition) is 2. The van der Waals surface area contributed by atoms with E-state index in [4.69, 9.17) is 0 Å². The fourth-order valence-corrected chi connectivity index (χ4v) is 3.01. The lowest BCUT2D eigenvalue weighted by atomic mass is 9.98. The van der Waals surface area contributed by atoms with E-state index in [9.17, 15) is 18.8 Å². The Bertz CT molecular complexity index is 1140. The number of rotatable bonds is 7. The maximum Gasteiger partial charge on any atom is 0.256 e. The molecule has 32 heavy (non-hydrogen) atoms. The van der Waals surface area contributed by atoms with Crippen molar-refractivity contribution in [3.8, 4) is 0 Å². The van der Waals surface area contributed by atoms with Crippen LogP contribution in [-0.4, -0.2) is 23.1 Å². The van der Waals surface area contributed by atoms with E-state index in [1.807, 2.05) is 20.8 Å². The topological polar surface area (TPSA) is 75.3 Å². The van der Waals surface area contributed by atoms with Crippen molar-refractivity contribution >= 4 is 23.3 Å². The van der Waals surface area contributed by atoms with Crippen molar-refractivity contribution in [3.63, 3.8) is 0 Å². The fraction of sp³-hybridized carbons (Fsp3) is 0.192. The van der Waals surface area contributed by atoms with Crippen LogP contribution >= 0.6 is 0 Å². The monoisotopic (exact) mass is 432 g/mol. The number of carbonyl (C=O) groups is 3. The van der Waals surface area contributed by atoms with Gasteiger partial charge in [0.05, 0.1) is 5.56 Å². The first-order valence-electron chi connectivity index (χ1n) is 10.3. The Morgan fingerprint density at radius 3 is 1.94 bits per heavy atom. The first kappa shape index (κ1) is 22.9. The Balaban J connectivity index is 1.76. The third-order valence-corrected chi connectivity index (χ3v) is 5.26. The van der Waals surface area contributed by atoms with Crippen molar-refractivity contribution in [2.24, 2.45) is 0 Å². The standard InChI is InChI=1S/C26H25FN2O3/c1-4-26(2,3)29-24(31)18-11-15-20(16-12-18)28-25(32)22-8-6-5-7-21(22)23(30)17-9-13-19(27)14-10-17/h5-16H,4H2,1-3H3,(H,28,32)(H,29,31). The normalized spacial score (nSPS) is 11.0. The molecule has 0 saturated heterocycles. The van der Waals surface area contributed by atoms with Gasteiger partial charge in [-0.25, -0.2) is 4.39 Å². The molecule has 0 unspecified atom stereocenters. The minimum atomic E-state index is -0.458. The molecule has 0 heterocycles. The van der Waals surface area contributed by atoms with Crippen LogP contribution in [0, 0.1) is 5.82 Å². The van der Waals surface area contributed by atoms with Crippen LogP contribution < -0.4 is 10.6 Å². The van der Waals surface area contributed by atoms with Gasteiger partial charge in [0.15, 0.2) is 5.78 Å². The zero-order valence-electron chi connectivity index (χ0n) is 18.2. The van der Waals surface area contributed by atoms with Crippen LogP contribution in [0.4, 0.5) is 10.1 Å². The molecule has 0 atom stereocenters. The van der Waals surface area contributed by atoms with Crippen LogP contribution in [0.1, 0.15) is 63.8 Å². The van der Waals surface area contributed by atoms with Gasteiger partial charge in [0.1, 0.15) is 5.82 Å². The Hall–Kier alpha value is -3.80. The van der Waals surface area contributed by atoms with E-state index in [1.165, 1.54) is 24.3 Å². The molecule has 0 fully saturated rings. The van der Waals surface area contributed by atoms with E-state index in [0.29, 0.717) is 11.3 Å². The molecule has 6 heteroatoms. The van der Waals surface area contributed by atoms with E-state index in [2.05, 4.69) is 10.6 Å². The van der Waals surface area contributed by atoms with Gasteiger partial charge in [-0.1, -0.05) is 25.1 Å². The SMILES string of the molecule is CCC(C)(C)NC(=O)c1ccc(NC(=O)c2ccccc2C(=O)c2ccc(F)cc2)cc1. The summed E-state index contributed by atoms with van der Waals surface area (Å²) in [5, 5.41) is 5.72. The zero-order valence-corrected chi connectivity index (χ0v) is 18.2. The summed E-state index contributed by atoms with van der Waals surface area (Å²) in [4.78, 5) is 38.1. The second-order valence-corrected chi connectivity index (χ2v) is 8.10. The van der Waals surface area contributed by atoms with Crippen LogP contribution in [0.15, 0.2) is 72.8 Å². The van der Waals surface area contributed by atoms with Gasteiger partial charge in [0, 0.05) is 27.9 Å². The summed E-state index contributed by atoms with van der Waals surface area (Å²) in [6.07, 6.45) is 0.795. The summed E-state index contributed by atoms with van der Waals surface area (Å²) in [6.45, 7) is 5.89. The van der Waals surface area contributed by atoms with Gasteiger partial charge in [-0.15, -0.1) is 0 Å². The predicted octanol–water partition coefficient (Wildman–Crippen LogP) is 5.23. The molecule has 2 N–H and O–H groups in total. The summed E-state index contributed by atoms with van der Waals surface area (Å²) in [6, 6.07) is 18.2. The summed E-state index contributed by atoms with van der Waals surface area (Å²) in [7, 11) is 0. The molecule has 0 saturated carbocycles. The highest BCUT2D eigenvalue weighted by molar-refractivity contribution is 6.17. The van der Waals surface area contributed by atoms with Gasteiger partial charge in [0.2, 0.25) is 0 Å². The largest absolute Gasteiger partial charge is 0.347 e. The average Bonchev–Trinajstić information content (AvgIpc) is 2.79. The van der Waals surface area contributed by atoms with Gasteiger partial charge >= 0.3 is 0 Å². The molecule has 0 aromatic heterocycles. The summed E-state index contributed by atoms with van der Waals surface area (Å²) >= 11 is 0. The molecule has 0 spiro atoms. The van der Waals surface area contributed by atoms with Crippen molar-refractivity contribution in [2.75, 3.05) is 5.32 Å². The van der Waals surface area contributed by atoms with E-state index in [1.54, 1.807) is 48.5 Å². The van der Waals surface area contributed by atoms with Crippen molar-refractivity contribution in [2.45, 2.75) is 32.7 Å². The number of halogens is 1. The number of amides is 2. The molecule has 3 aromatic carbocycles. The first-order valence-corrected chi connectivity index (χ1v) is 10.3. The Kier molecular flexibility index (Phi) is 6.83. The lowest BCUT2D eigenvalue weighted by molar-refractivity contribution is 0.0910. The second-order valence-electron chi connectivity index (χ2n) is 8.10. The third-order valence-electron chi connectivity index (χ3n) is 5.26. The minimum Gasteiger partial charge on any atom is -0.347 e. The number of carbonyl (C=O) groups excluding carboxylic acids is 3. The molecular weight excluding hydrogens is 407 g/mol. The molecule has 5 nitrogen and oxygen atoms in total. The van der Waals surface area contributed by atoms with Gasteiger partial charge in [-0.05, 0) is 74.9 Å². The Morgan fingerprint density at radius 1 is 0.781 bits per heavy atom. The maximum atomic E-state index is 13.2. The summed E-state index contributed by atoms with van der Waals surface area (Å²) in [5.41, 5.74) is 1.37. The number of benzene rings is 3. The minimum absolute atomic E-state index is 0.190. The number of hydrogen-bond acceptors (Lipinski definition) is 3. The second kappa shape index (κ2) is 9.56. The first-order chi connectivity index (χ1) is 15.2. The Morgan fingerprint density at radius 2 is 1.34 bits per heavy atom. The van der Waals surface area contributed by atoms with Crippen molar-refractivity contribution in [1.82, 2.24) is 5.32 Å². The summed E-state index contributed by atoms with van der Waals surface area (Å²) in [5.74, 6) is -1.46. The lowest BCUT2D eigenvalue weighted by Gasteiger charge is -2.24. The van der Waals surface area contributed by atoms with E-state index in [-0.39, 0.29) is 33.9 Å². The van der Waals surface area contributed by atoms with E-state index in [0.717, 1.165) is 6.42 Å². The van der Waals surface area contributed by atoms with Gasteiger partial charge < -0.3 is 10.6 Å². The maximum absolute atomic E-state index is 13.2. The molecule has 0 aliphatic carbocycles. The van der Waals surface area contributed by atoms with E-state index < -0.39 is 11.7 Å². The molecule has 2 amide bonds. The molecule has 164 valence electrons. The molecule has 0 bridgehead atoms. The van der Waals surface area contributed by atoms with Crippen molar-refractivity contribution < 1.29 is 18.8 Å². The molecule has 0 radical (unpaired) electrons. The molecule has 3 aromatic rings. The molecule has 0 aliphatic heterocycles. The molecule has 0 aliphatic rings. The van der Waals surface area contributed by atoms with Crippen LogP contribution in [0.3, 0.4) is 0 Å². The quantitative estimate of drug-likeness (QED) is 0.502. The highest BCUT2D eigenvalue weighted by atomic mass is 19.1. The van der Waals surface area contributed by atoms with Crippen LogP contribution in [-0.2, 0) is 0 Å². The molecular formula is C26H25FN2O3. The van der Waals surface area contributed by atoms with E-state index >= 15 is 0 Å². The van der Waals surface area contributed by atoms with Crippen LogP contribution in [0.5, 0.6) is 0 Å². The molecule has 3 rings (SSSR count). The average molecular weight is 432 g/mol. The van der Waals surface area contributed by atoms with Crippen LogP contribution in [0.2, 0.25) is 0 Å². The smallest absolute Gasteiger partial charge is 0.256 e. The van der Waals surface area contributed by atoms with Crippen molar-refractivity contribution in [1.29, 1.82) is 0 Å².